The fourth-order valence-corrected chi connectivity index (χ4v) is 3.86. The average molecular weight is 274 g/mol. The van der Waals surface area contributed by atoms with Crippen molar-refractivity contribution in [3.8, 4) is 0 Å². The lowest BCUT2D eigenvalue weighted by Gasteiger charge is -2.41. The first-order valence-corrected chi connectivity index (χ1v) is 7.42. The summed E-state index contributed by atoms with van der Waals surface area (Å²) in [5.74, 6) is 0.0406. The molecule has 2 aliphatic rings. The van der Waals surface area contributed by atoms with Crippen LogP contribution >= 0.6 is 0 Å². The molecule has 2 heterocycles. The number of hydrogen-bond acceptors (Lipinski definition) is 3. The number of aryl methyl sites for hydroxylation is 1. The summed E-state index contributed by atoms with van der Waals surface area (Å²) in [6, 6.07) is 5.83. The Labute approximate surface area is 119 Å². The zero-order valence-electron chi connectivity index (χ0n) is 12.2. The highest BCUT2D eigenvalue weighted by Crippen LogP contribution is 2.46. The van der Waals surface area contributed by atoms with Crippen molar-refractivity contribution in [2.24, 2.45) is 5.41 Å². The quantitative estimate of drug-likeness (QED) is 0.853. The maximum Gasteiger partial charge on any atom is 0.272 e. The van der Waals surface area contributed by atoms with E-state index in [2.05, 4.69) is 11.9 Å². The highest BCUT2D eigenvalue weighted by atomic mass is 16.3. The topological polar surface area (TPSA) is 53.4 Å². The highest BCUT2D eigenvalue weighted by Gasteiger charge is 2.49. The molecule has 1 aromatic heterocycles. The van der Waals surface area contributed by atoms with Crippen LogP contribution in [0.5, 0.6) is 0 Å². The van der Waals surface area contributed by atoms with Crippen LogP contribution in [0.3, 0.4) is 0 Å². The number of fused-ring (bicyclic) bond motifs is 1. The van der Waals surface area contributed by atoms with Gasteiger partial charge in [-0.3, -0.25) is 4.79 Å². The van der Waals surface area contributed by atoms with E-state index in [4.69, 9.17) is 0 Å². The lowest BCUT2D eigenvalue weighted by Crippen LogP contribution is -2.46. The molecular weight excluding hydrogens is 252 g/mol. The maximum atomic E-state index is 12.7. The maximum absolute atomic E-state index is 12.7. The van der Waals surface area contributed by atoms with E-state index in [1.54, 1.807) is 6.07 Å². The van der Waals surface area contributed by atoms with Crippen molar-refractivity contribution in [1.29, 1.82) is 0 Å². The number of aliphatic hydroxyl groups excluding tert-OH is 1. The molecule has 4 nitrogen and oxygen atoms in total. The lowest BCUT2D eigenvalue weighted by atomic mass is 9.71. The standard InChI is InChI=1S/C16H22N2O2/c1-11-4-3-5-13(17-11)15(20)18-9-8-16(2)10-12(19)6-7-14(16)18/h3-5,12,14,19H,6-10H2,1-2H3/t12-,14-,16+/m1/s1. The van der Waals surface area contributed by atoms with Gasteiger partial charge in [-0.25, -0.2) is 4.98 Å². The van der Waals surface area contributed by atoms with Gasteiger partial charge in [-0.2, -0.15) is 0 Å². The van der Waals surface area contributed by atoms with Gasteiger partial charge in [0.05, 0.1) is 6.10 Å². The predicted molar refractivity (Wildman–Crippen MR) is 76.4 cm³/mol. The summed E-state index contributed by atoms with van der Waals surface area (Å²) in [5, 5.41) is 9.88. The Kier molecular flexibility index (Phi) is 3.28. The second-order valence-corrected chi connectivity index (χ2v) is 6.52. The number of aromatic nitrogens is 1. The Morgan fingerprint density at radius 1 is 1.45 bits per heavy atom. The monoisotopic (exact) mass is 274 g/mol. The van der Waals surface area contributed by atoms with Crippen molar-refractivity contribution in [2.45, 2.75) is 51.7 Å². The van der Waals surface area contributed by atoms with Crippen LogP contribution in [0.4, 0.5) is 0 Å². The van der Waals surface area contributed by atoms with Crippen LogP contribution in [-0.2, 0) is 0 Å². The number of nitrogens with zero attached hydrogens (tertiary/aromatic N) is 2. The van der Waals surface area contributed by atoms with E-state index < -0.39 is 0 Å². The SMILES string of the molecule is Cc1cccc(C(=O)N2CC[C@@]3(C)C[C@H](O)CC[C@@H]23)n1. The predicted octanol–water partition coefficient (Wildman–Crippen LogP) is 2.16. The fourth-order valence-electron chi connectivity index (χ4n) is 3.86. The third kappa shape index (κ3) is 2.22. The average Bonchev–Trinajstić information content (AvgIpc) is 2.74. The molecule has 0 unspecified atom stereocenters. The summed E-state index contributed by atoms with van der Waals surface area (Å²) in [6.45, 7) is 4.89. The van der Waals surface area contributed by atoms with Crippen molar-refractivity contribution in [2.75, 3.05) is 6.54 Å². The normalized spacial score (nSPS) is 33.0. The Balaban J connectivity index is 1.83. The largest absolute Gasteiger partial charge is 0.393 e. The van der Waals surface area contributed by atoms with E-state index >= 15 is 0 Å². The molecule has 20 heavy (non-hydrogen) atoms. The van der Waals surface area contributed by atoms with Crippen LogP contribution in [-0.4, -0.2) is 39.6 Å². The Morgan fingerprint density at radius 3 is 3.00 bits per heavy atom. The van der Waals surface area contributed by atoms with Gasteiger partial charge in [0.1, 0.15) is 5.69 Å². The first-order valence-electron chi connectivity index (χ1n) is 7.42. The minimum absolute atomic E-state index is 0.0406. The third-order valence-corrected chi connectivity index (χ3v) is 4.95. The fraction of sp³-hybridized carbons (Fsp3) is 0.625. The molecule has 0 radical (unpaired) electrons. The van der Waals surface area contributed by atoms with Crippen molar-refractivity contribution < 1.29 is 9.90 Å². The molecule has 1 aliphatic carbocycles. The Morgan fingerprint density at radius 2 is 2.25 bits per heavy atom. The number of carbonyl (C=O) groups excluding carboxylic acids is 1. The number of aliphatic hydroxyl groups is 1. The van der Waals surface area contributed by atoms with Crippen molar-refractivity contribution in [3.63, 3.8) is 0 Å². The smallest absolute Gasteiger partial charge is 0.272 e. The molecule has 0 aromatic carbocycles. The number of pyridine rings is 1. The number of amides is 1. The van der Waals surface area contributed by atoms with E-state index in [-0.39, 0.29) is 23.5 Å². The Bertz CT molecular complexity index is 531. The summed E-state index contributed by atoms with van der Waals surface area (Å²) in [7, 11) is 0. The van der Waals surface area contributed by atoms with E-state index in [1.165, 1.54) is 0 Å². The second-order valence-electron chi connectivity index (χ2n) is 6.52. The van der Waals surface area contributed by atoms with Crippen molar-refractivity contribution >= 4 is 5.91 Å². The third-order valence-electron chi connectivity index (χ3n) is 4.95. The van der Waals surface area contributed by atoms with Crippen molar-refractivity contribution in [1.82, 2.24) is 9.88 Å². The molecule has 3 atom stereocenters. The minimum Gasteiger partial charge on any atom is -0.393 e. The van der Waals surface area contributed by atoms with E-state index in [0.29, 0.717) is 5.69 Å². The molecule has 1 aromatic rings. The number of likely N-dealkylation sites (tertiary alicyclic amines) is 1. The van der Waals surface area contributed by atoms with Crippen LogP contribution in [0.2, 0.25) is 0 Å². The van der Waals surface area contributed by atoms with Gasteiger partial charge in [0.25, 0.3) is 5.91 Å². The lowest BCUT2D eigenvalue weighted by molar-refractivity contribution is 0.0209. The number of hydrogen-bond donors (Lipinski definition) is 1. The summed E-state index contributed by atoms with van der Waals surface area (Å²) >= 11 is 0. The molecule has 0 spiro atoms. The molecule has 1 N–H and O–H groups in total. The zero-order chi connectivity index (χ0) is 14.3. The molecule has 1 saturated heterocycles. The van der Waals surface area contributed by atoms with Gasteiger partial charge in [0.15, 0.2) is 0 Å². The summed E-state index contributed by atoms with van der Waals surface area (Å²) < 4.78 is 0. The van der Waals surface area contributed by atoms with E-state index in [9.17, 15) is 9.90 Å². The van der Waals surface area contributed by atoms with Crippen LogP contribution in [0, 0.1) is 12.3 Å². The van der Waals surface area contributed by atoms with Gasteiger partial charge >= 0.3 is 0 Å². The van der Waals surface area contributed by atoms with Gasteiger partial charge in [0, 0.05) is 18.3 Å². The van der Waals surface area contributed by atoms with E-state index in [0.717, 1.165) is 37.9 Å². The molecule has 3 rings (SSSR count). The van der Waals surface area contributed by atoms with Crippen molar-refractivity contribution in [3.05, 3.63) is 29.6 Å². The second kappa shape index (κ2) is 4.85. The molecule has 4 heteroatoms. The first-order chi connectivity index (χ1) is 9.49. The molecule has 1 saturated carbocycles. The molecule has 2 fully saturated rings. The zero-order valence-corrected chi connectivity index (χ0v) is 12.2. The van der Waals surface area contributed by atoms with Crippen LogP contribution in [0.15, 0.2) is 18.2 Å². The molecule has 1 amide bonds. The van der Waals surface area contributed by atoms with Crippen LogP contribution in [0.1, 0.15) is 48.8 Å². The first kappa shape index (κ1) is 13.6. The van der Waals surface area contributed by atoms with Crippen LogP contribution < -0.4 is 0 Å². The molecule has 1 aliphatic heterocycles. The number of rotatable bonds is 1. The van der Waals surface area contributed by atoms with Gasteiger partial charge in [-0.15, -0.1) is 0 Å². The van der Waals surface area contributed by atoms with E-state index in [1.807, 2.05) is 24.0 Å². The van der Waals surface area contributed by atoms with Gasteiger partial charge in [-0.1, -0.05) is 13.0 Å². The summed E-state index contributed by atoms with van der Waals surface area (Å²) in [5.41, 5.74) is 1.48. The van der Waals surface area contributed by atoms with Gasteiger partial charge in [0.2, 0.25) is 0 Å². The molecule has 0 bridgehead atoms. The van der Waals surface area contributed by atoms with Gasteiger partial charge < -0.3 is 10.0 Å². The highest BCUT2D eigenvalue weighted by molar-refractivity contribution is 5.92. The minimum atomic E-state index is -0.205. The molecule has 108 valence electrons. The summed E-state index contributed by atoms with van der Waals surface area (Å²) in [4.78, 5) is 19.0. The van der Waals surface area contributed by atoms with Gasteiger partial charge in [-0.05, 0) is 50.2 Å². The Hall–Kier alpha value is -1.42. The van der Waals surface area contributed by atoms with Crippen LogP contribution in [0.25, 0.3) is 0 Å². The summed E-state index contributed by atoms with van der Waals surface area (Å²) in [6.07, 6.45) is 3.28. The molecular formula is C16H22N2O2. The number of carbonyl (C=O) groups is 1.